The van der Waals surface area contributed by atoms with Crippen molar-refractivity contribution in [1.29, 1.82) is 0 Å². The molecule has 0 aromatic carbocycles. The van der Waals surface area contributed by atoms with Crippen molar-refractivity contribution in [2.45, 2.75) is 5.03 Å². The van der Waals surface area contributed by atoms with Crippen LogP contribution in [0.4, 0.5) is 4.39 Å². The van der Waals surface area contributed by atoms with Crippen LogP contribution in [0.3, 0.4) is 0 Å². The number of nitrogens with zero attached hydrogens (tertiary/aromatic N) is 1. The Morgan fingerprint density at radius 3 is 2.55 bits per heavy atom. The Morgan fingerprint density at radius 2 is 2.18 bits per heavy atom. The molecule has 1 heterocycles. The molecule has 0 aliphatic rings. The molecule has 1 aromatic heterocycles. The second-order valence-corrected chi connectivity index (χ2v) is 3.10. The number of halogens is 1. The standard InChI is InChI=1S/C5H4FNO3S/c6-4-2-1-3-7-5(4)11(8,9)10/h1-3H,(H,8,9,10). The molecule has 0 atom stereocenters. The maximum atomic E-state index is 12.5. The average molecular weight is 177 g/mol. The van der Waals surface area contributed by atoms with Crippen molar-refractivity contribution in [2.24, 2.45) is 0 Å². The van der Waals surface area contributed by atoms with Gasteiger partial charge in [-0.2, -0.15) is 8.42 Å². The van der Waals surface area contributed by atoms with Gasteiger partial charge in [0.05, 0.1) is 0 Å². The summed E-state index contributed by atoms with van der Waals surface area (Å²) in [7, 11) is -4.52. The molecule has 0 saturated carbocycles. The summed E-state index contributed by atoms with van der Waals surface area (Å²) in [5.41, 5.74) is 0. The lowest BCUT2D eigenvalue weighted by Crippen LogP contribution is -2.03. The highest BCUT2D eigenvalue weighted by atomic mass is 32.2. The average Bonchev–Trinajstić information content (AvgIpc) is 1.86. The molecule has 6 heteroatoms. The fraction of sp³-hybridized carbons (Fsp3) is 0. The quantitative estimate of drug-likeness (QED) is 0.633. The van der Waals surface area contributed by atoms with Gasteiger partial charge in [0, 0.05) is 6.20 Å². The highest BCUT2D eigenvalue weighted by molar-refractivity contribution is 7.85. The first kappa shape index (κ1) is 8.09. The Hall–Kier alpha value is -1.01. The van der Waals surface area contributed by atoms with Crippen LogP contribution in [0.5, 0.6) is 0 Å². The van der Waals surface area contributed by atoms with Gasteiger partial charge in [-0.25, -0.2) is 9.37 Å². The molecular formula is C5H4FNO3S. The number of pyridine rings is 1. The molecule has 0 amide bonds. The molecule has 0 unspecified atom stereocenters. The molecule has 1 rings (SSSR count). The highest BCUT2D eigenvalue weighted by Gasteiger charge is 2.15. The van der Waals surface area contributed by atoms with E-state index in [4.69, 9.17) is 4.55 Å². The Labute approximate surface area is 62.4 Å². The van der Waals surface area contributed by atoms with Crippen molar-refractivity contribution in [1.82, 2.24) is 4.98 Å². The van der Waals surface area contributed by atoms with Crippen molar-refractivity contribution in [3.8, 4) is 0 Å². The van der Waals surface area contributed by atoms with Crippen LogP contribution in [0.15, 0.2) is 23.4 Å². The second-order valence-electron chi connectivity index (χ2n) is 1.77. The summed E-state index contributed by atoms with van der Waals surface area (Å²) in [5.74, 6) is -1.06. The molecule has 4 nitrogen and oxygen atoms in total. The van der Waals surface area contributed by atoms with E-state index in [1.54, 1.807) is 0 Å². The predicted octanol–water partition coefficient (Wildman–Crippen LogP) is 0.467. The van der Waals surface area contributed by atoms with Gasteiger partial charge in [0.25, 0.3) is 0 Å². The molecule has 0 spiro atoms. The third-order valence-electron chi connectivity index (χ3n) is 0.969. The summed E-state index contributed by atoms with van der Waals surface area (Å²) in [6, 6.07) is 2.13. The third-order valence-corrected chi connectivity index (χ3v) is 1.76. The lowest BCUT2D eigenvalue weighted by atomic mass is 10.5. The van der Waals surface area contributed by atoms with Crippen LogP contribution in [0.25, 0.3) is 0 Å². The molecule has 0 aliphatic heterocycles. The number of aromatic nitrogens is 1. The van der Waals surface area contributed by atoms with Gasteiger partial charge in [-0.1, -0.05) is 0 Å². The van der Waals surface area contributed by atoms with E-state index in [1.165, 1.54) is 6.07 Å². The third kappa shape index (κ3) is 1.72. The summed E-state index contributed by atoms with van der Waals surface area (Å²) in [6.45, 7) is 0. The largest absolute Gasteiger partial charge is 0.315 e. The SMILES string of the molecule is O=S(=O)(O)c1ncccc1F. The fourth-order valence-electron chi connectivity index (χ4n) is 0.561. The number of hydrogen-bond donors (Lipinski definition) is 1. The van der Waals surface area contributed by atoms with Crippen molar-refractivity contribution >= 4 is 10.1 Å². The molecule has 0 saturated heterocycles. The van der Waals surface area contributed by atoms with Gasteiger partial charge in [0.1, 0.15) is 0 Å². The summed E-state index contributed by atoms with van der Waals surface area (Å²) in [6.07, 6.45) is 1.08. The van der Waals surface area contributed by atoms with E-state index < -0.39 is 21.0 Å². The van der Waals surface area contributed by atoms with Gasteiger partial charge in [-0.15, -0.1) is 0 Å². The summed E-state index contributed by atoms with van der Waals surface area (Å²) in [5, 5.41) is -0.944. The molecule has 0 radical (unpaired) electrons. The van der Waals surface area contributed by atoms with Gasteiger partial charge in [0.15, 0.2) is 5.82 Å². The minimum atomic E-state index is -4.52. The first-order chi connectivity index (χ1) is 5.02. The zero-order valence-electron chi connectivity index (χ0n) is 5.23. The normalized spacial score (nSPS) is 11.5. The maximum absolute atomic E-state index is 12.5. The van der Waals surface area contributed by atoms with Crippen LogP contribution in [0, 0.1) is 5.82 Å². The fourth-order valence-corrected chi connectivity index (χ4v) is 1.07. The predicted molar refractivity (Wildman–Crippen MR) is 34.0 cm³/mol. The van der Waals surface area contributed by atoms with E-state index in [1.807, 2.05) is 0 Å². The minimum absolute atomic E-state index is 0.899. The second kappa shape index (κ2) is 2.55. The molecule has 1 N–H and O–H groups in total. The molecule has 11 heavy (non-hydrogen) atoms. The summed E-state index contributed by atoms with van der Waals surface area (Å²) < 4.78 is 41.4. The Kier molecular flexibility index (Phi) is 1.88. The van der Waals surface area contributed by atoms with E-state index in [9.17, 15) is 12.8 Å². The van der Waals surface area contributed by atoms with Crippen molar-refractivity contribution in [2.75, 3.05) is 0 Å². The van der Waals surface area contributed by atoms with Crippen LogP contribution >= 0.6 is 0 Å². The highest BCUT2D eigenvalue weighted by Crippen LogP contribution is 2.08. The van der Waals surface area contributed by atoms with Crippen LogP contribution in [0.1, 0.15) is 0 Å². The van der Waals surface area contributed by atoms with Gasteiger partial charge in [-0.05, 0) is 12.1 Å². The first-order valence-electron chi connectivity index (χ1n) is 2.60. The lowest BCUT2D eigenvalue weighted by molar-refractivity contribution is 0.466. The Morgan fingerprint density at radius 1 is 1.55 bits per heavy atom. The van der Waals surface area contributed by atoms with E-state index in [0.29, 0.717) is 0 Å². The topological polar surface area (TPSA) is 67.3 Å². The molecular weight excluding hydrogens is 173 g/mol. The molecule has 1 aromatic rings. The summed E-state index contributed by atoms with van der Waals surface area (Å²) >= 11 is 0. The first-order valence-corrected chi connectivity index (χ1v) is 4.04. The lowest BCUT2D eigenvalue weighted by Gasteiger charge is -1.94. The van der Waals surface area contributed by atoms with Gasteiger partial charge in [0.2, 0.25) is 5.03 Å². The van der Waals surface area contributed by atoms with Crippen molar-refractivity contribution in [3.63, 3.8) is 0 Å². The van der Waals surface area contributed by atoms with E-state index in [2.05, 4.69) is 4.98 Å². The molecule has 0 bridgehead atoms. The van der Waals surface area contributed by atoms with E-state index in [0.717, 1.165) is 12.3 Å². The molecule has 0 aliphatic carbocycles. The van der Waals surface area contributed by atoms with Crippen LogP contribution in [0.2, 0.25) is 0 Å². The van der Waals surface area contributed by atoms with Crippen LogP contribution < -0.4 is 0 Å². The monoisotopic (exact) mass is 177 g/mol. The zero-order valence-corrected chi connectivity index (χ0v) is 6.05. The molecule has 0 fully saturated rings. The van der Waals surface area contributed by atoms with Crippen LogP contribution in [-0.2, 0) is 10.1 Å². The van der Waals surface area contributed by atoms with Gasteiger partial charge in [-0.3, -0.25) is 4.55 Å². The van der Waals surface area contributed by atoms with E-state index in [-0.39, 0.29) is 0 Å². The summed E-state index contributed by atoms with van der Waals surface area (Å²) in [4.78, 5) is 3.14. The van der Waals surface area contributed by atoms with Crippen molar-refractivity contribution in [3.05, 3.63) is 24.1 Å². The minimum Gasteiger partial charge on any atom is -0.281 e. The van der Waals surface area contributed by atoms with Gasteiger partial charge >= 0.3 is 10.1 Å². The smallest absolute Gasteiger partial charge is 0.281 e. The van der Waals surface area contributed by atoms with Gasteiger partial charge < -0.3 is 0 Å². The van der Waals surface area contributed by atoms with Crippen molar-refractivity contribution < 1.29 is 17.4 Å². The van der Waals surface area contributed by atoms with E-state index >= 15 is 0 Å². The van der Waals surface area contributed by atoms with Crippen LogP contribution in [-0.4, -0.2) is 18.0 Å². The molecule has 60 valence electrons. The maximum Gasteiger partial charge on any atom is 0.315 e. The Balaban J connectivity index is 3.37. The number of rotatable bonds is 1. The Bertz CT molecular complexity index is 362. The number of hydrogen-bond acceptors (Lipinski definition) is 3. The zero-order chi connectivity index (χ0) is 8.48.